The normalized spacial score (nSPS) is 14.9. The molecule has 0 aliphatic carbocycles. The van der Waals surface area contributed by atoms with Gasteiger partial charge in [-0.1, -0.05) is 15.9 Å². The van der Waals surface area contributed by atoms with Crippen LogP contribution in [0.2, 0.25) is 0 Å². The molecule has 0 spiro atoms. The van der Waals surface area contributed by atoms with Crippen LogP contribution >= 0.6 is 15.9 Å². The molecule has 19 heavy (non-hydrogen) atoms. The number of carbonyl (C=O) groups is 1. The molecule has 104 valence electrons. The number of carbonyl (C=O) groups excluding carboxylic acids is 1. The summed E-state index contributed by atoms with van der Waals surface area (Å²) in [6.07, 6.45) is 0. The van der Waals surface area contributed by atoms with E-state index in [0.717, 1.165) is 21.5 Å². The highest BCUT2D eigenvalue weighted by atomic mass is 79.9. The zero-order chi connectivity index (χ0) is 13.8. The summed E-state index contributed by atoms with van der Waals surface area (Å²) in [6.45, 7) is 3.35. The Morgan fingerprint density at radius 3 is 2.63 bits per heavy atom. The Morgan fingerprint density at radius 1 is 1.37 bits per heavy atom. The van der Waals surface area contributed by atoms with Crippen LogP contribution in [0.5, 0.6) is 11.5 Å². The molecule has 0 bridgehead atoms. The molecule has 6 heteroatoms. The zero-order valence-corrected chi connectivity index (χ0v) is 12.5. The average Bonchev–Trinajstić information content (AvgIpc) is 2.38. The second-order valence-electron chi connectivity index (χ2n) is 4.34. The Labute approximate surface area is 120 Å². The molecule has 1 aromatic carbocycles. The van der Waals surface area contributed by atoms with E-state index in [4.69, 9.17) is 9.47 Å². The highest BCUT2D eigenvalue weighted by Crippen LogP contribution is 2.37. The highest BCUT2D eigenvalue weighted by Gasteiger charge is 2.18. The molecular formula is C13H17BrN2O3. The number of likely N-dealkylation sites (N-methyl/N-ethyl adjacent to an activating group) is 1. The van der Waals surface area contributed by atoms with E-state index >= 15 is 0 Å². The minimum Gasteiger partial charge on any atom is -0.486 e. The Kier molecular flexibility index (Phi) is 4.66. The fourth-order valence-electron chi connectivity index (χ4n) is 1.94. The van der Waals surface area contributed by atoms with Crippen LogP contribution < -0.4 is 20.1 Å². The molecule has 0 saturated carbocycles. The molecular weight excluding hydrogens is 312 g/mol. The quantitative estimate of drug-likeness (QED) is 0.881. The van der Waals surface area contributed by atoms with Gasteiger partial charge in [0.2, 0.25) is 5.91 Å². The average molecular weight is 329 g/mol. The summed E-state index contributed by atoms with van der Waals surface area (Å²) in [5, 5.41) is 5.74. The molecule has 5 nitrogen and oxygen atoms in total. The fourth-order valence-corrected chi connectivity index (χ4v) is 2.61. The van der Waals surface area contributed by atoms with Gasteiger partial charge in [0.1, 0.15) is 13.2 Å². The summed E-state index contributed by atoms with van der Waals surface area (Å²) in [6, 6.07) is 3.68. The number of benzene rings is 1. The fraction of sp³-hybridized carbons (Fsp3) is 0.462. The molecule has 1 aliphatic heterocycles. The van der Waals surface area contributed by atoms with Gasteiger partial charge in [0.05, 0.1) is 12.6 Å². The first-order valence-corrected chi connectivity index (χ1v) is 6.94. The maximum atomic E-state index is 11.6. The minimum atomic E-state index is -0.106. The molecule has 2 N–H and O–H groups in total. The van der Waals surface area contributed by atoms with E-state index in [9.17, 15) is 4.79 Å². The monoisotopic (exact) mass is 328 g/mol. The first-order chi connectivity index (χ1) is 9.11. The summed E-state index contributed by atoms with van der Waals surface area (Å²) in [4.78, 5) is 11.6. The van der Waals surface area contributed by atoms with Crippen molar-refractivity contribution in [3.63, 3.8) is 0 Å². The van der Waals surface area contributed by atoms with Crippen LogP contribution in [0.4, 0.5) is 0 Å². The van der Waals surface area contributed by atoms with Crippen molar-refractivity contribution in [1.82, 2.24) is 10.6 Å². The third-order valence-corrected chi connectivity index (χ3v) is 3.53. The van der Waals surface area contributed by atoms with E-state index < -0.39 is 0 Å². The van der Waals surface area contributed by atoms with E-state index in [1.54, 1.807) is 7.05 Å². The van der Waals surface area contributed by atoms with Gasteiger partial charge in [-0.2, -0.15) is 0 Å². The SMILES string of the molecule is CNCC(=O)NC(C)c1cc2c(cc1Br)OCCO2. The van der Waals surface area contributed by atoms with Crippen LogP contribution in [0.1, 0.15) is 18.5 Å². The number of nitrogens with one attached hydrogen (secondary N) is 2. The number of amides is 1. The van der Waals surface area contributed by atoms with Gasteiger partial charge >= 0.3 is 0 Å². The van der Waals surface area contributed by atoms with E-state index in [1.807, 2.05) is 19.1 Å². The zero-order valence-electron chi connectivity index (χ0n) is 11.0. The lowest BCUT2D eigenvalue weighted by Gasteiger charge is -2.22. The Bertz CT molecular complexity index is 479. The van der Waals surface area contributed by atoms with Crippen molar-refractivity contribution in [3.8, 4) is 11.5 Å². The van der Waals surface area contributed by atoms with Crippen molar-refractivity contribution in [2.75, 3.05) is 26.8 Å². The van der Waals surface area contributed by atoms with Crippen LogP contribution in [-0.2, 0) is 4.79 Å². The van der Waals surface area contributed by atoms with Crippen molar-refractivity contribution in [3.05, 3.63) is 22.2 Å². The lowest BCUT2D eigenvalue weighted by atomic mass is 10.1. The predicted molar refractivity (Wildman–Crippen MR) is 75.6 cm³/mol. The van der Waals surface area contributed by atoms with Crippen LogP contribution in [0.3, 0.4) is 0 Å². The molecule has 1 aromatic rings. The van der Waals surface area contributed by atoms with Crippen LogP contribution in [-0.4, -0.2) is 32.7 Å². The predicted octanol–water partition coefficient (Wildman–Crippen LogP) is 1.62. The highest BCUT2D eigenvalue weighted by molar-refractivity contribution is 9.10. The number of hydrogen-bond donors (Lipinski definition) is 2. The first kappa shape index (κ1) is 14.1. The van der Waals surface area contributed by atoms with E-state index in [1.165, 1.54) is 0 Å². The number of fused-ring (bicyclic) bond motifs is 1. The molecule has 2 rings (SSSR count). The molecule has 1 unspecified atom stereocenters. The van der Waals surface area contributed by atoms with Crippen molar-refractivity contribution in [2.45, 2.75) is 13.0 Å². The van der Waals surface area contributed by atoms with Gasteiger partial charge < -0.3 is 20.1 Å². The number of halogens is 1. The van der Waals surface area contributed by atoms with Crippen molar-refractivity contribution in [2.24, 2.45) is 0 Å². The topological polar surface area (TPSA) is 59.6 Å². The standard InChI is InChI=1S/C13H17BrN2O3/c1-8(16-13(17)7-15-2)9-5-11-12(6-10(9)14)19-4-3-18-11/h5-6,8,15H,3-4,7H2,1-2H3,(H,16,17). The van der Waals surface area contributed by atoms with Gasteiger partial charge in [0, 0.05) is 4.47 Å². The van der Waals surface area contributed by atoms with E-state index in [2.05, 4.69) is 26.6 Å². The third kappa shape index (κ3) is 3.39. The maximum absolute atomic E-state index is 11.6. The Hall–Kier alpha value is -1.27. The number of ether oxygens (including phenoxy) is 2. The summed E-state index contributed by atoms with van der Waals surface area (Å²) in [7, 11) is 1.74. The van der Waals surface area contributed by atoms with Crippen molar-refractivity contribution in [1.29, 1.82) is 0 Å². The van der Waals surface area contributed by atoms with Gasteiger partial charge in [0.15, 0.2) is 11.5 Å². The maximum Gasteiger partial charge on any atom is 0.234 e. The third-order valence-electron chi connectivity index (χ3n) is 2.84. The molecule has 0 aromatic heterocycles. The van der Waals surface area contributed by atoms with E-state index in [0.29, 0.717) is 19.8 Å². The number of rotatable bonds is 4. The Morgan fingerprint density at radius 2 is 2.00 bits per heavy atom. The minimum absolute atomic E-state index is 0.0446. The van der Waals surface area contributed by atoms with Crippen LogP contribution in [0.15, 0.2) is 16.6 Å². The number of hydrogen-bond acceptors (Lipinski definition) is 4. The van der Waals surface area contributed by atoms with Gasteiger partial charge in [-0.15, -0.1) is 0 Å². The molecule has 0 fully saturated rings. The summed E-state index contributed by atoms with van der Waals surface area (Å²) in [5.74, 6) is 1.41. The molecule has 0 radical (unpaired) electrons. The van der Waals surface area contributed by atoms with Crippen molar-refractivity contribution < 1.29 is 14.3 Å². The lowest BCUT2D eigenvalue weighted by molar-refractivity contribution is -0.120. The van der Waals surface area contributed by atoms with Gasteiger partial charge in [0.25, 0.3) is 0 Å². The first-order valence-electron chi connectivity index (χ1n) is 6.15. The lowest BCUT2D eigenvalue weighted by Crippen LogP contribution is -2.34. The smallest absolute Gasteiger partial charge is 0.234 e. The largest absolute Gasteiger partial charge is 0.486 e. The van der Waals surface area contributed by atoms with Gasteiger partial charge in [-0.3, -0.25) is 4.79 Å². The van der Waals surface area contributed by atoms with Gasteiger partial charge in [-0.05, 0) is 31.7 Å². The Balaban J connectivity index is 2.17. The molecule has 1 atom stereocenters. The summed E-state index contributed by atoms with van der Waals surface area (Å²) >= 11 is 3.50. The molecule has 1 aliphatic rings. The molecule has 1 amide bonds. The van der Waals surface area contributed by atoms with E-state index in [-0.39, 0.29) is 11.9 Å². The second kappa shape index (κ2) is 6.25. The van der Waals surface area contributed by atoms with Crippen LogP contribution in [0.25, 0.3) is 0 Å². The molecule has 1 heterocycles. The molecule has 0 saturated heterocycles. The van der Waals surface area contributed by atoms with Gasteiger partial charge in [-0.25, -0.2) is 0 Å². The summed E-state index contributed by atoms with van der Waals surface area (Å²) < 4.78 is 12.0. The summed E-state index contributed by atoms with van der Waals surface area (Å²) in [5.41, 5.74) is 0.966. The van der Waals surface area contributed by atoms with Crippen LogP contribution in [0, 0.1) is 0 Å². The second-order valence-corrected chi connectivity index (χ2v) is 5.19. The van der Waals surface area contributed by atoms with Crippen molar-refractivity contribution >= 4 is 21.8 Å².